The molecule has 0 aromatic heterocycles. The standard InChI is InChI=1S/C26H30O3/c1-25-10-8-22-21-7-5-20(27)13-16(21)3-6-23(22)24(25)9-11-26(25,28)19-4-2-17-14-29-15-18(17)12-19/h4-5,7,12-14,22-24,27-28H,2-3,6,8-11,15H2,1H3/t22-,23-,24+,25+,26-/m1/s1. The molecule has 3 heteroatoms. The van der Waals surface area contributed by atoms with E-state index >= 15 is 0 Å². The number of hydrogen-bond donors (Lipinski definition) is 2. The summed E-state index contributed by atoms with van der Waals surface area (Å²) in [6.07, 6.45) is 13.6. The van der Waals surface area contributed by atoms with E-state index < -0.39 is 5.60 Å². The van der Waals surface area contributed by atoms with Crippen LogP contribution in [0.15, 0.2) is 53.3 Å². The van der Waals surface area contributed by atoms with Crippen LogP contribution in [0.2, 0.25) is 0 Å². The quantitative estimate of drug-likeness (QED) is 0.697. The third-order valence-electron chi connectivity index (χ3n) is 9.09. The van der Waals surface area contributed by atoms with Gasteiger partial charge in [0.05, 0.1) is 11.9 Å². The first-order chi connectivity index (χ1) is 14.0. The van der Waals surface area contributed by atoms with E-state index in [0.717, 1.165) is 44.1 Å². The van der Waals surface area contributed by atoms with Crippen molar-refractivity contribution in [1.29, 1.82) is 0 Å². The first-order valence-electron chi connectivity index (χ1n) is 11.3. The molecule has 3 nitrogen and oxygen atoms in total. The molecule has 0 bridgehead atoms. The minimum atomic E-state index is -0.723. The zero-order valence-electron chi connectivity index (χ0n) is 17.2. The highest BCUT2D eigenvalue weighted by atomic mass is 16.5. The Balaban J connectivity index is 1.34. The number of phenolic OH excluding ortho intramolecular Hbond substituents is 1. The van der Waals surface area contributed by atoms with Crippen LogP contribution in [0.25, 0.3) is 0 Å². The molecular weight excluding hydrogens is 360 g/mol. The fraction of sp³-hybridized carbons (Fsp3) is 0.538. The lowest BCUT2D eigenvalue weighted by molar-refractivity contribution is -0.0764. The van der Waals surface area contributed by atoms with Gasteiger partial charge in [0.2, 0.25) is 0 Å². The lowest BCUT2D eigenvalue weighted by atomic mass is 9.52. The van der Waals surface area contributed by atoms with Gasteiger partial charge in [-0.25, -0.2) is 0 Å². The van der Waals surface area contributed by atoms with Gasteiger partial charge in [0, 0.05) is 5.41 Å². The van der Waals surface area contributed by atoms with E-state index in [4.69, 9.17) is 4.74 Å². The first-order valence-corrected chi connectivity index (χ1v) is 11.3. The summed E-state index contributed by atoms with van der Waals surface area (Å²) in [4.78, 5) is 0. The molecule has 6 rings (SSSR count). The lowest BCUT2D eigenvalue weighted by Crippen LogP contribution is -2.51. The van der Waals surface area contributed by atoms with Crippen molar-refractivity contribution in [3.63, 3.8) is 0 Å². The number of fused-ring (bicyclic) bond motifs is 6. The molecule has 0 radical (unpaired) electrons. The topological polar surface area (TPSA) is 49.7 Å². The maximum Gasteiger partial charge on any atom is 0.115 e. The molecule has 4 aliphatic carbocycles. The SMILES string of the molecule is C[C@]12CC[C@@H]3c4ccc(O)cc4CC[C@H]3[C@@H]1CC[C@@]2(O)C1=CCC2=COCC2=C1. The third kappa shape index (κ3) is 2.34. The average Bonchev–Trinajstić information content (AvgIpc) is 3.30. The molecule has 5 aliphatic rings. The molecule has 1 aromatic carbocycles. The summed E-state index contributed by atoms with van der Waals surface area (Å²) in [6, 6.07) is 5.99. The van der Waals surface area contributed by atoms with Crippen LogP contribution in [0.3, 0.4) is 0 Å². The van der Waals surface area contributed by atoms with E-state index in [0.29, 0.717) is 30.1 Å². The van der Waals surface area contributed by atoms with Gasteiger partial charge in [-0.05, 0) is 109 Å². The zero-order chi connectivity index (χ0) is 19.8. The van der Waals surface area contributed by atoms with E-state index in [2.05, 4.69) is 25.1 Å². The van der Waals surface area contributed by atoms with Crippen molar-refractivity contribution >= 4 is 0 Å². The highest BCUT2D eigenvalue weighted by molar-refractivity contribution is 5.50. The monoisotopic (exact) mass is 390 g/mol. The van der Waals surface area contributed by atoms with Crippen molar-refractivity contribution in [1.82, 2.24) is 0 Å². The minimum Gasteiger partial charge on any atom is -0.508 e. The van der Waals surface area contributed by atoms with Crippen LogP contribution >= 0.6 is 0 Å². The molecule has 2 fully saturated rings. The number of rotatable bonds is 1. The van der Waals surface area contributed by atoms with E-state index in [9.17, 15) is 10.2 Å². The van der Waals surface area contributed by atoms with Crippen LogP contribution in [0.4, 0.5) is 0 Å². The molecule has 2 N–H and O–H groups in total. The molecule has 0 spiro atoms. The summed E-state index contributed by atoms with van der Waals surface area (Å²) in [5, 5.41) is 22.0. The smallest absolute Gasteiger partial charge is 0.115 e. The second kappa shape index (κ2) is 6.01. The average molecular weight is 391 g/mol. The van der Waals surface area contributed by atoms with Crippen LogP contribution in [-0.2, 0) is 11.2 Å². The normalized spacial score (nSPS) is 39.9. The molecule has 5 atom stereocenters. The van der Waals surface area contributed by atoms with Crippen LogP contribution in [0.1, 0.15) is 62.5 Å². The molecule has 29 heavy (non-hydrogen) atoms. The molecule has 0 amide bonds. The van der Waals surface area contributed by atoms with Crippen LogP contribution < -0.4 is 0 Å². The minimum absolute atomic E-state index is 0.0633. The Kier molecular flexibility index (Phi) is 3.69. The van der Waals surface area contributed by atoms with Gasteiger partial charge in [0.25, 0.3) is 0 Å². The summed E-state index contributed by atoms with van der Waals surface area (Å²) in [7, 11) is 0. The highest BCUT2D eigenvalue weighted by Gasteiger charge is 2.62. The van der Waals surface area contributed by atoms with Gasteiger partial charge in [-0.15, -0.1) is 0 Å². The largest absolute Gasteiger partial charge is 0.508 e. The van der Waals surface area contributed by atoms with Crippen molar-refractivity contribution < 1.29 is 14.9 Å². The number of phenols is 1. The van der Waals surface area contributed by atoms with Gasteiger partial charge in [0.15, 0.2) is 0 Å². The van der Waals surface area contributed by atoms with E-state index in [1.54, 1.807) is 0 Å². The van der Waals surface area contributed by atoms with Gasteiger partial charge < -0.3 is 14.9 Å². The Hall–Kier alpha value is -2.00. The Morgan fingerprint density at radius 3 is 2.90 bits per heavy atom. The van der Waals surface area contributed by atoms with Crippen molar-refractivity contribution in [3.05, 3.63) is 64.5 Å². The van der Waals surface area contributed by atoms with Crippen molar-refractivity contribution in [2.45, 2.75) is 63.4 Å². The number of aryl methyl sites for hydroxylation is 1. The maximum atomic E-state index is 12.1. The predicted molar refractivity (Wildman–Crippen MR) is 112 cm³/mol. The van der Waals surface area contributed by atoms with Crippen LogP contribution in [-0.4, -0.2) is 22.4 Å². The number of aliphatic hydroxyl groups is 1. The molecule has 0 saturated heterocycles. The molecule has 2 saturated carbocycles. The summed E-state index contributed by atoms with van der Waals surface area (Å²) >= 11 is 0. The van der Waals surface area contributed by atoms with Gasteiger partial charge in [0.1, 0.15) is 12.4 Å². The molecule has 1 aromatic rings. The van der Waals surface area contributed by atoms with Gasteiger partial charge in [-0.2, -0.15) is 0 Å². The van der Waals surface area contributed by atoms with Gasteiger partial charge in [-0.3, -0.25) is 0 Å². The molecule has 1 heterocycles. The molecule has 1 aliphatic heterocycles. The van der Waals surface area contributed by atoms with Crippen molar-refractivity contribution in [3.8, 4) is 5.75 Å². The van der Waals surface area contributed by atoms with E-state index in [1.165, 1.54) is 28.7 Å². The fourth-order valence-corrected chi connectivity index (χ4v) is 7.53. The fourth-order valence-electron chi connectivity index (χ4n) is 7.53. The third-order valence-corrected chi connectivity index (χ3v) is 9.09. The number of benzene rings is 1. The number of allylic oxidation sites excluding steroid dienone is 1. The summed E-state index contributed by atoms with van der Waals surface area (Å²) in [5.41, 5.74) is 5.66. The predicted octanol–water partition coefficient (Wildman–Crippen LogP) is 5.15. The van der Waals surface area contributed by atoms with Crippen LogP contribution in [0.5, 0.6) is 5.75 Å². The Labute approximate surface area is 172 Å². The lowest BCUT2D eigenvalue weighted by Gasteiger charge is -2.54. The zero-order valence-corrected chi connectivity index (χ0v) is 17.2. The van der Waals surface area contributed by atoms with Crippen molar-refractivity contribution in [2.75, 3.05) is 6.61 Å². The Morgan fingerprint density at radius 1 is 1.10 bits per heavy atom. The first kappa shape index (κ1) is 17.8. The summed E-state index contributed by atoms with van der Waals surface area (Å²) < 4.78 is 5.52. The number of aromatic hydroxyl groups is 1. The van der Waals surface area contributed by atoms with E-state index in [-0.39, 0.29) is 5.41 Å². The second-order valence-electron chi connectivity index (χ2n) is 10.1. The van der Waals surface area contributed by atoms with E-state index in [1.807, 2.05) is 18.4 Å². The number of ether oxygens (including phenoxy) is 1. The summed E-state index contributed by atoms with van der Waals surface area (Å²) in [6.45, 7) is 3.01. The molecule has 152 valence electrons. The Bertz CT molecular complexity index is 970. The van der Waals surface area contributed by atoms with Gasteiger partial charge in [-0.1, -0.05) is 19.1 Å². The van der Waals surface area contributed by atoms with Crippen molar-refractivity contribution in [2.24, 2.45) is 17.3 Å². The molecular formula is C26H30O3. The number of hydrogen-bond acceptors (Lipinski definition) is 3. The van der Waals surface area contributed by atoms with Crippen LogP contribution in [0, 0.1) is 17.3 Å². The molecule has 0 unspecified atom stereocenters. The maximum absolute atomic E-state index is 12.1. The second-order valence-corrected chi connectivity index (χ2v) is 10.1. The highest BCUT2D eigenvalue weighted by Crippen LogP contribution is 2.66. The Morgan fingerprint density at radius 2 is 2.00 bits per heavy atom. The summed E-state index contributed by atoms with van der Waals surface area (Å²) in [5.74, 6) is 2.17. The van der Waals surface area contributed by atoms with Gasteiger partial charge >= 0.3 is 0 Å².